The Morgan fingerprint density at radius 1 is 1.23 bits per heavy atom. The Labute approximate surface area is 153 Å². The van der Waals surface area contributed by atoms with E-state index in [2.05, 4.69) is 10.3 Å². The van der Waals surface area contributed by atoms with E-state index >= 15 is 0 Å². The number of carbonyl (C=O) groups is 2. The Kier molecular flexibility index (Phi) is 4.45. The number of carbonyl (C=O) groups excluding carboxylic acids is 2. The third-order valence-electron chi connectivity index (χ3n) is 5.29. The van der Waals surface area contributed by atoms with Gasteiger partial charge in [-0.1, -0.05) is 25.0 Å². The molecule has 5 heteroatoms. The fraction of sp³-hybridized carbons (Fsp3) is 0.381. The summed E-state index contributed by atoms with van der Waals surface area (Å²) in [5, 5.41) is 3.13. The van der Waals surface area contributed by atoms with E-state index in [9.17, 15) is 9.59 Å². The van der Waals surface area contributed by atoms with Gasteiger partial charge in [-0.2, -0.15) is 0 Å². The number of pyridine rings is 1. The molecule has 0 saturated heterocycles. The zero-order valence-electron chi connectivity index (χ0n) is 14.9. The van der Waals surface area contributed by atoms with Gasteiger partial charge in [0.25, 0.3) is 5.91 Å². The summed E-state index contributed by atoms with van der Waals surface area (Å²) >= 11 is 0. The topological polar surface area (TPSA) is 62.3 Å². The van der Waals surface area contributed by atoms with E-state index in [1.165, 1.54) is 12.8 Å². The van der Waals surface area contributed by atoms with Gasteiger partial charge in [0.05, 0.1) is 23.7 Å². The highest BCUT2D eigenvalue weighted by atomic mass is 16.2. The average Bonchev–Trinajstić information content (AvgIpc) is 3.22. The molecule has 1 atom stereocenters. The summed E-state index contributed by atoms with van der Waals surface area (Å²) in [6, 6.07) is 11.3. The lowest BCUT2D eigenvalue weighted by Gasteiger charge is -2.25. The smallest absolute Gasteiger partial charge is 0.260 e. The van der Waals surface area contributed by atoms with Gasteiger partial charge >= 0.3 is 0 Å². The monoisotopic (exact) mass is 349 g/mol. The average molecular weight is 349 g/mol. The molecule has 1 aliphatic carbocycles. The first kappa shape index (κ1) is 16.8. The number of amides is 2. The molecule has 1 aliphatic heterocycles. The molecule has 0 spiro atoms. The van der Waals surface area contributed by atoms with Crippen molar-refractivity contribution in [3.05, 3.63) is 59.4 Å². The van der Waals surface area contributed by atoms with Crippen molar-refractivity contribution in [1.82, 2.24) is 10.3 Å². The van der Waals surface area contributed by atoms with Crippen molar-refractivity contribution in [3.8, 4) is 0 Å². The number of hydrogen-bond acceptors (Lipinski definition) is 3. The van der Waals surface area contributed by atoms with Crippen LogP contribution in [0, 0.1) is 6.92 Å². The van der Waals surface area contributed by atoms with Crippen molar-refractivity contribution in [2.45, 2.75) is 51.1 Å². The first-order valence-corrected chi connectivity index (χ1v) is 9.28. The summed E-state index contributed by atoms with van der Waals surface area (Å²) in [7, 11) is 0. The number of aromatic nitrogens is 1. The Morgan fingerprint density at radius 3 is 2.81 bits per heavy atom. The molecule has 0 radical (unpaired) electrons. The number of aryl methyl sites for hydroxylation is 1. The zero-order chi connectivity index (χ0) is 18.1. The molecule has 26 heavy (non-hydrogen) atoms. The molecule has 5 nitrogen and oxygen atoms in total. The number of fused-ring (bicyclic) bond motifs is 1. The molecule has 1 fully saturated rings. The summed E-state index contributed by atoms with van der Waals surface area (Å²) < 4.78 is 0. The Bertz CT molecular complexity index is 843. The van der Waals surface area contributed by atoms with Crippen LogP contribution in [0.1, 0.15) is 59.8 Å². The second kappa shape index (κ2) is 6.90. The number of rotatable bonds is 4. The van der Waals surface area contributed by atoms with E-state index in [1.54, 1.807) is 23.2 Å². The lowest BCUT2D eigenvalue weighted by atomic mass is 10.1. The molecule has 4 rings (SSSR count). The van der Waals surface area contributed by atoms with Crippen molar-refractivity contribution in [1.29, 1.82) is 0 Å². The third kappa shape index (κ3) is 3.09. The van der Waals surface area contributed by atoms with Crippen LogP contribution in [-0.4, -0.2) is 22.8 Å². The molecule has 1 N–H and O–H groups in total. The van der Waals surface area contributed by atoms with Gasteiger partial charge < -0.3 is 5.32 Å². The lowest BCUT2D eigenvalue weighted by molar-refractivity contribution is -0.122. The normalized spacial score (nSPS) is 19.7. The largest absolute Gasteiger partial charge is 0.353 e. The number of benzene rings is 1. The van der Waals surface area contributed by atoms with Crippen LogP contribution >= 0.6 is 0 Å². The fourth-order valence-electron chi connectivity index (χ4n) is 4.05. The van der Waals surface area contributed by atoms with Crippen molar-refractivity contribution < 1.29 is 9.59 Å². The summed E-state index contributed by atoms with van der Waals surface area (Å²) in [6.07, 6.45) is 6.37. The van der Waals surface area contributed by atoms with Gasteiger partial charge in [0.1, 0.15) is 0 Å². The Hall–Kier alpha value is -2.69. The highest BCUT2D eigenvalue weighted by molar-refractivity contribution is 6.11. The number of nitrogens with zero attached hydrogens (tertiary/aromatic N) is 2. The Balaban J connectivity index is 1.63. The standard InChI is InChI=1S/C21H23N3O2/c1-14-6-4-9-16(12-14)24-18(13-19(25)23-15-7-2-3-8-15)20-17(21(24)26)10-5-11-22-20/h4-6,9-12,15,18H,2-3,7-8,13H2,1H3,(H,23,25)/t18-/m0/s1. The van der Waals surface area contributed by atoms with Crippen molar-refractivity contribution in [3.63, 3.8) is 0 Å². The number of anilines is 1. The van der Waals surface area contributed by atoms with Crippen LogP contribution in [0.25, 0.3) is 0 Å². The minimum Gasteiger partial charge on any atom is -0.353 e. The molecule has 2 heterocycles. The van der Waals surface area contributed by atoms with Crippen molar-refractivity contribution in [2.75, 3.05) is 4.90 Å². The van der Waals surface area contributed by atoms with Gasteiger partial charge in [-0.25, -0.2) is 0 Å². The van der Waals surface area contributed by atoms with Gasteiger partial charge in [0.15, 0.2) is 0 Å². The van der Waals surface area contributed by atoms with Gasteiger partial charge in [-0.15, -0.1) is 0 Å². The molecule has 1 aromatic heterocycles. The SMILES string of the molecule is Cc1cccc(N2C(=O)c3cccnc3[C@@H]2CC(=O)NC2CCCC2)c1. The first-order valence-electron chi connectivity index (χ1n) is 9.28. The summed E-state index contributed by atoms with van der Waals surface area (Å²) in [5.74, 6) is -0.0942. The van der Waals surface area contributed by atoms with E-state index in [0.717, 1.165) is 24.1 Å². The predicted octanol–water partition coefficient (Wildman–Crippen LogP) is 3.54. The molecule has 2 aliphatic rings. The van der Waals surface area contributed by atoms with Crippen LogP contribution in [-0.2, 0) is 4.79 Å². The van der Waals surface area contributed by atoms with Crippen molar-refractivity contribution >= 4 is 17.5 Å². The van der Waals surface area contributed by atoms with E-state index < -0.39 is 0 Å². The molecule has 1 aromatic carbocycles. The van der Waals surface area contributed by atoms with Gasteiger partial charge in [0, 0.05) is 17.9 Å². The van der Waals surface area contributed by atoms with Crippen LogP contribution in [0.15, 0.2) is 42.6 Å². The van der Waals surface area contributed by atoms with Crippen LogP contribution < -0.4 is 10.2 Å². The molecular formula is C21H23N3O2. The first-order chi connectivity index (χ1) is 12.6. The van der Waals surface area contributed by atoms with Crippen LogP contribution in [0.5, 0.6) is 0 Å². The summed E-state index contributed by atoms with van der Waals surface area (Å²) in [4.78, 5) is 31.8. The van der Waals surface area contributed by atoms with E-state index in [4.69, 9.17) is 0 Å². The summed E-state index contributed by atoms with van der Waals surface area (Å²) in [5.41, 5.74) is 3.17. The van der Waals surface area contributed by atoms with Crippen LogP contribution in [0.2, 0.25) is 0 Å². The molecule has 0 unspecified atom stereocenters. The van der Waals surface area contributed by atoms with E-state index in [-0.39, 0.29) is 30.3 Å². The number of nitrogens with one attached hydrogen (secondary N) is 1. The van der Waals surface area contributed by atoms with E-state index in [0.29, 0.717) is 11.3 Å². The van der Waals surface area contributed by atoms with Gasteiger partial charge in [-0.3, -0.25) is 19.5 Å². The highest BCUT2D eigenvalue weighted by Crippen LogP contribution is 2.38. The summed E-state index contributed by atoms with van der Waals surface area (Å²) in [6.45, 7) is 2.00. The minimum absolute atomic E-state index is 0.00847. The zero-order valence-corrected chi connectivity index (χ0v) is 14.9. The molecule has 2 aromatic rings. The van der Waals surface area contributed by atoms with Crippen LogP contribution in [0.4, 0.5) is 5.69 Å². The maximum absolute atomic E-state index is 13.0. The Morgan fingerprint density at radius 2 is 2.04 bits per heavy atom. The lowest BCUT2D eigenvalue weighted by Crippen LogP contribution is -2.36. The molecule has 1 saturated carbocycles. The predicted molar refractivity (Wildman–Crippen MR) is 100.0 cm³/mol. The van der Waals surface area contributed by atoms with Crippen molar-refractivity contribution in [2.24, 2.45) is 0 Å². The molecule has 2 amide bonds. The quantitative estimate of drug-likeness (QED) is 0.918. The molecule has 134 valence electrons. The number of hydrogen-bond donors (Lipinski definition) is 1. The second-order valence-electron chi connectivity index (χ2n) is 7.22. The van der Waals surface area contributed by atoms with E-state index in [1.807, 2.05) is 31.2 Å². The fourth-order valence-corrected chi connectivity index (χ4v) is 4.05. The maximum atomic E-state index is 13.0. The third-order valence-corrected chi connectivity index (χ3v) is 5.29. The van der Waals surface area contributed by atoms with Gasteiger partial charge in [0.2, 0.25) is 5.91 Å². The second-order valence-corrected chi connectivity index (χ2v) is 7.22. The van der Waals surface area contributed by atoms with Gasteiger partial charge in [-0.05, 0) is 49.6 Å². The molecular weight excluding hydrogens is 326 g/mol. The van der Waals surface area contributed by atoms with Crippen LogP contribution in [0.3, 0.4) is 0 Å². The minimum atomic E-state index is -0.359. The highest BCUT2D eigenvalue weighted by Gasteiger charge is 2.40. The molecule has 0 bridgehead atoms. The maximum Gasteiger partial charge on any atom is 0.260 e.